The van der Waals surface area contributed by atoms with Gasteiger partial charge in [-0.2, -0.15) is 0 Å². The number of hydrogen-bond acceptors (Lipinski definition) is 6. The molecule has 0 spiro atoms. The first-order valence-electron chi connectivity index (χ1n) is 5.00. The van der Waals surface area contributed by atoms with Gasteiger partial charge in [-0.1, -0.05) is 6.92 Å². The summed E-state index contributed by atoms with van der Waals surface area (Å²) in [5, 5.41) is 47.6. The number of aliphatic hydroxyl groups is 3. The van der Waals surface area contributed by atoms with Crippen LogP contribution in [0.15, 0.2) is 0 Å². The van der Waals surface area contributed by atoms with E-state index in [1.54, 1.807) is 27.7 Å². The molecule has 100 valence electrons. The molecule has 0 saturated heterocycles. The maximum absolute atomic E-state index is 9.10. The predicted octanol–water partition coefficient (Wildman–Crippen LogP) is -1.13. The van der Waals surface area contributed by atoms with Gasteiger partial charge in [-0.05, 0) is 34.1 Å². The average molecular weight is 240 g/mol. The Hall–Kier alpha value is -0.175. The van der Waals surface area contributed by atoms with E-state index in [0.29, 0.717) is 6.61 Å². The predicted molar refractivity (Wildman–Crippen MR) is 62.4 cm³/mol. The number of rotatable bonds is 2. The van der Waals surface area contributed by atoms with Gasteiger partial charge in [0.15, 0.2) is 0 Å². The van der Waals surface area contributed by atoms with Crippen LogP contribution < -0.4 is 0 Å². The smallest absolute Gasteiger partial charge is 0.402 e. The first kappa shape index (κ1) is 21.1. The van der Waals surface area contributed by atoms with Gasteiger partial charge in [0.2, 0.25) is 0 Å². The van der Waals surface area contributed by atoms with Crippen LogP contribution in [0.5, 0.6) is 0 Å². The Labute approximate surface area is 97.4 Å². The molecule has 0 aliphatic rings. The topological polar surface area (TPSA) is 121 Å². The van der Waals surface area contributed by atoms with Crippen molar-refractivity contribution in [2.45, 2.75) is 52.2 Å². The molecule has 0 aromatic heterocycles. The zero-order valence-corrected chi connectivity index (χ0v) is 10.7. The summed E-state index contributed by atoms with van der Waals surface area (Å²) in [6.07, 6.45) is 0.875. The summed E-state index contributed by atoms with van der Waals surface area (Å²) >= 11 is 0. The fraction of sp³-hybridized carbons (Fsp3) is 1.00. The highest BCUT2D eigenvalue weighted by Gasteiger charge is 2.31. The normalized spacial score (nSPS) is 10.7. The molecule has 0 aromatic rings. The molecule has 16 heavy (non-hydrogen) atoms. The van der Waals surface area contributed by atoms with E-state index in [2.05, 4.69) is 0 Å². The van der Waals surface area contributed by atoms with E-state index in [0.717, 1.165) is 6.42 Å². The van der Waals surface area contributed by atoms with Crippen LogP contribution in [0.3, 0.4) is 0 Å². The van der Waals surface area contributed by atoms with Crippen LogP contribution in [0, 0.1) is 0 Å². The Morgan fingerprint density at radius 1 is 0.875 bits per heavy atom. The van der Waals surface area contributed by atoms with Gasteiger partial charge < -0.3 is 30.4 Å². The molecule has 6 N–H and O–H groups in total. The van der Waals surface area contributed by atoms with Crippen molar-refractivity contribution >= 4 is 7.32 Å². The quantitative estimate of drug-likeness (QED) is 0.339. The molecule has 0 amide bonds. The first-order valence-corrected chi connectivity index (χ1v) is 5.00. The van der Waals surface area contributed by atoms with Gasteiger partial charge in [0, 0.05) is 6.61 Å². The second-order valence-electron chi connectivity index (χ2n) is 4.19. The van der Waals surface area contributed by atoms with Crippen LogP contribution in [-0.4, -0.2) is 55.5 Å². The fourth-order valence-electron chi connectivity index (χ4n) is 0. The first-order chi connectivity index (χ1) is 6.90. The zero-order valence-electron chi connectivity index (χ0n) is 10.7. The van der Waals surface area contributed by atoms with E-state index in [1.165, 1.54) is 0 Å². The standard InChI is InChI=1S/C6H14O2.C3H8O.BH3O3/c1-5(2,7)6(3,4)8;1-2-3-4;2-1(3)4/h7-8H,1-4H3;4H,2-3H2,1H3;2-4H. The minimum Gasteiger partial charge on any atom is -0.402 e. The van der Waals surface area contributed by atoms with Crippen molar-refractivity contribution in [3.05, 3.63) is 0 Å². The van der Waals surface area contributed by atoms with Crippen molar-refractivity contribution in [1.29, 1.82) is 0 Å². The van der Waals surface area contributed by atoms with E-state index in [9.17, 15) is 0 Å². The van der Waals surface area contributed by atoms with E-state index >= 15 is 0 Å². The summed E-state index contributed by atoms with van der Waals surface area (Å²) < 4.78 is 0. The van der Waals surface area contributed by atoms with Crippen LogP contribution in [0.2, 0.25) is 0 Å². The summed E-state index contributed by atoms with van der Waals surface area (Å²) in [6.45, 7) is 8.56. The van der Waals surface area contributed by atoms with Crippen molar-refractivity contribution in [2.24, 2.45) is 0 Å². The molecule has 0 fully saturated rings. The van der Waals surface area contributed by atoms with Gasteiger partial charge in [-0.25, -0.2) is 0 Å². The number of aliphatic hydroxyl groups excluding tert-OH is 1. The summed E-state index contributed by atoms with van der Waals surface area (Å²) in [6, 6.07) is 0. The summed E-state index contributed by atoms with van der Waals surface area (Å²) in [7, 11) is -2.17. The minimum absolute atomic E-state index is 0.319. The molecule has 7 heteroatoms. The van der Waals surface area contributed by atoms with Crippen molar-refractivity contribution in [1.82, 2.24) is 0 Å². The molecule has 0 radical (unpaired) electrons. The molecule has 0 bridgehead atoms. The van der Waals surface area contributed by atoms with E-state index in [4.69, 9.17) is 30.4 Å². The van der Waals surface area contributed by atoms with Crippen molar-refractivity contribution in [3.63, 3.8) is 0 Å². The van der Waals surface area contributed by atoms with E-state index in [1.807, 2.05) is 6.92 Å². The second-order valence-corrected chi connectivity index (χ2v) is 4.19. The molecular formula is C9H25BO6. The second kappa shape index (κ2) is 10.0. The van der Waals surface area contributed by atoms with Gasteiger partial charge in [0.05, 0.1) is 11.2 Å². The maximum Gasteiger partial charge on any atom is 0.631 e. The maximum atomic E-state index is 9.10. The van der Waals surface area contributed by atoms with Gasteiger partial charge in [-0.15, -0.1) is 0 Å². The Bertz CT molecular complexity index is 121. The lowest BCUT2D eigenvalue weighted by Gasteiger charge is -2.31. The van der Waals surface area contributed by atoms with Gasteiger partial charge in [0.25, 0.3) is 0 Å². The number of hydrogen-bond donors (Lipinski definition) is 6. The van der Waals surface area contributed by atoms with Crippen LogP contribution in [0.25, 0.3) is 0 Å². The molecule has 0 saturated carbocycles. The minimum atomic E-state index is -2.17. The molecule has 0 heterocycles. The monoisotopic (exact) mass is 240 g/mol. The van der Waals surface area contributed by atoms with E-state index < -0.39 is 18.5 Å². The van der Waals surface area contributed by atoms with Gasteiger partial charge in [-0.3, -0.25) is 0 Å². The molecule has 0 rings (SSSR count). The SMILES string of the molecule is CC(C)(O)C(C)(C)O.CCCO.OB(O)O. The average Bonchev–Trinajstić information content (AvgIpc) is 2.00. The highest BCUT2D eigenvalue weighted by Crippen LogP contribution is 2.19. The molecule has 0 unspecified atom stereocenters. The third-order valence-electron chi connectivity index (χ3n) is 1.72. The molecule has 0 atom stereocenters. The third kappa shape index (κ3) is 23.6. The lowest BCUT2D eigenvalue weighted by Crippen LogP contribution is -2.44. The summed E-state index contributed by atoms with van der Waals surface area (Å²) in [4.78, 5) is 0. The highest BCUT2D eigenvalue weighted by molar-refractivity contribution is 6.30. The van der Waals surface area contributed by atoms with Crippen LogP contribution in [0.4, 0.5) is 0 Å². The molecule has 6 nitrogen and oxygen atoms in total. The van der Waals surface area contributed by atoms with E-state index in [-0.39, 0.29) is 0 Å². The van der Waals surface area contributed by atoms with Crippen molar-refractivity contribution < 1.29 is 30.4 Å². The Kier molecular flexibility index (Phi) is 13.2. The Balaban J connectivity index is -0.000000179. The summed E-state index contributed by atoms with van der Waals surface area (Å²) in [5.74, 6) is 0. The van der Waals surface area contributed by atoms with Crippen molar-refractivity contribution in [3.8, 4) is 0 Å². The van der Waals surface area contributed by atoms with Gasteiger partial charge in [0.1, 0.15) is 0 Å². The Morgan fingerprint density at radius 2 is 1.00 bits per heavy atom. The molecule has 0 aliphatic heterocycles. The third-order valence-corrected chi connectivity index (χ3v) is 1.72. The lowest BCUT2D eigenvalue weighted by molar-refractivity contribution is -0.107. The van der Waals surface area contributed by atoms with Crippen LogP contribution in [0.1, 0.15) is 41.0 Å². The molecule has 0 aliphatic carbocycles. The zero-order chi connectivity index (χ0) is 14.0. The highest BCUT2D eigenvalue weighted by atomic mass is 16.5. The summed E-state index contributed by atoms with van der Waals surface area (Å²) in [5.41, 5.74) is -2.01. The van der Waals surface area contributed by atoms with Crippen molar-refractivity contribution in [2.75, 3.05) is 6.61 Å². The van der Waals surface area contributed by atoms with Crippen LogP contribution in [-0.2, 0) is 0 Å². The Morgan fingerprint density at radius 3 is 1.00 bits per heavy atom. The molecular weight excluding hydrogens is 215 g/mol. The lowest BCUT2D eigenvalue weighted by atomic mass is 9.90. The largest absolute Gasteiger partial charge is 0.631 e. The molecule has 0 aromatic carbocycles. The fourth-order valence-corrected chi connectivity index (χ4v) is 0. The van der Waals surface area contributed by atoms with Gasteiger partial charge >= 0.3 is 7.32 Å². The van der Waals surface area contributed by atoms with Crippen LogP contribution >= 0.6 is 0 Å².